The molecule has 5 rings (SSSR count). The summed E-state index contributed by atoms with van der Waals surface area (Å²) in [6.07, 6.45) is 17.3. The van der Waals surface area contributed by atoms with Gasteiger partial charge in [-0.3, -0.25) is 4.98 Å². The molecule has 0 aromatic carbocycles. The van der Waals surface area contributed by atoms with E-state index in [-0.39, 0.29) is 6.04 Å². The number of fused-ring (bicyclic) bond motifs is 2. The van der Waals surface area contributed by atoms with Gasteiger partial charge in [0, 0.05) is 36.5 Å². The van der Waals surface area contributed by atoms with Gasteiger partial charge in [0.1, 0.15) is 5.52 Å². The van der Waals surface area contributed by atoms with Gasteiger partial charge in [0.2, 0.25) is 0 Å². The van der Waals surface area contributed by atoms with Crippen molar-refractivity contribution in [3.8, 4) is 11.4 Å². The van der Waals surface area contributed by atoms with Crippen LogP contribution in [0.1, 0.15) is 31.9 Å². The largest absolute Gasteiger partial charge is 0.384 e. The first-order valence-corrected chi connectivity index (χ1v) is 10.8. The lowest BCUT2D eigenvalue weighted by atomic mass is 9.90. The molecule has 7 heteroatoms. The first kappa shape index (κ1) is 19.5. The molecule has 31 heavy (non-hydrogen) atoms. The Morgan fingerprint density at radius 2 is 2.03 bits per heavy atom. The number of hydrogen-bond donors (Lipinski definition) is 2. The zero-order valence-electron chi connectivity index (χ0n) is 18.1. The van der Waals surface area contributed by atoms with Gasteiger partial charge in [0.05, 0.1) is 12.4 Å². The normalized spacial score (nSPS) is 19.5. The van der Waals surface area contributed by atoms with Gasteiger partial charge in [-0.1, -0.05) is 24.3 Å². The number of hydrogen-bond acceptors (Lipinski definition) is 6. The third-order valence-corrected chi connectivity index (χ3v) is 5.84. The minimum atomic E-state index is 0.258. The Hall–Kier alpha value is -3.48. The number of allylic oxidation sites excluding steroid dienone is 2. The molecule has 0 radical (unpaired) electrons. The number of aromatic nitrogens is 5. The van der Waals surface area contributed by atoms with E-state index in [9.17, 15) is 0 Å². The predicted molar refractivity (Wildman–Crippen MR) is 124 cm³/mol. The van der Waals surface area contributed by atoms with Crippen LogP contribution in [0.15, 0.2) is 60.9 Å². The molecule has 2 atom stereocenters. The summed E-state index contributed by atoms with van der Waals surface area (Å²) in [5, 5.41) is 6.99. The van der Waals surface area contributed by atoms with Crippen molar-refractivity contribution < 1.29 is 0 Å². The second kappa shape index (κ2) is 7.98. The predicted octanol–water partition coefficient (Wildman–Crippen LogP) is 4.18. The molecule has 0 saturated carbocycles. The first-order valence-electron chi connectivity index (χ1n) is 10.8. The summed E-state index contributed by atoms with van der Waals surface area (Å²) in [5.41, 5.74) is 5.03. The van der Waals surface area contributed by atoms with E-state index in [4.69, 9.17) is 9.97 Å². The molecule has 1 aliphatic heterocycles. The number of imidazole rings is 1. The highest BCUT2D eigenvalue weighted by Crippen LogP contribution is 2.29. The van der Waals surface area contributed by atoms with E-state index < -0.39 is 0 Å². The van der Waals surface area contributed by atoms with Crippen LogP contribution in [-0.2, 0) is 0 Å². The van der Waals surface area contributed by atoms with E-state index in [1.54, 1.807) is 0 Å². The van der Waals surface area contributed by atoms with Crippen molar-refractivity contribution in [2.45, 2.75) is 39.3 Å². The standard InChI is InChI=1S/C24H27N7/c1-15(2)31-14-28-21-23(26-9-8-17-13-27-20-7-5-4-6-19(17)20)29-22(30-24(21)31)18-10-16(3)11-25-12-18/h4-7,10-15,19-20,27H,8-9H2,1-3H3,(H,26,29,30). The number of pyridine rings is 1. The molecule has 2 unspecified atom stereocenters. The fourth-order valence-corrected chi connectivity index (χ4v) is 4.21. The highest BCUT2D eigenvalue weighted by molar-refractivity contribution is 5.85. The smallest absolute Gasteiger partial charge is 0.166 e. The van der Waals surface area contributed by atoms with E-state index in [0.717, 1.165) is 41.1 Å². The highest BCUT2D eigenvalue weighted by Gasteiger charge is 2.26. The topological polar surface area (TPSA) is 80.5 Å². The summed E-state index contributed by atoms with van der Waals surface area (Å²) in [5.74, 6) is 1.87. The molecule has 0 fully saturated rings. The molecule has 1 aliphatic carbocycles. The quantitative estimate of drug-likeness (QED) is 0.631. The van der Waals surface area contributed by atoms with E-state index in [0.29, 0.717) is 17.8 Å². The van der Waals surface area contributed by atoms with Gasteiger partial charge in [-0.25, -0.2) is 15.0 Å². The van der Waals surface area contributed by atoms with E-state index >= 15 is 0 Å². The number of anilines is 1. The summed E-state index contributed by atoms with van der Waals surface area (Å²) in [6, 6.07) is 2.70. The van der Waals surface area contributed by atoms with Crippen molar-refractivity contribution in [3.05, 3.63) is 66.4 Å². The van der Waals surface area contributed by atoms with Gasteiger partial charge >= 0.3 is 0 Å². The lowest BCUT2D eigenvalue weighted by molar-refractivity contribution is 0.613. The molecule has 0 spiro atoms. The number of nitrogens with zero attached hydrogens (tertiary/aromatic N) is 5. The van der Waals surface area contributed by atoms with Crippen LogP contribution in [0.4, 0.5) is 5.82 Å². The lowest BCUT2D eigenvalue weighted by Gasteiger charge is -2.19. The van der Waals surface area contributed by atoms with Crippen LogP contribution in [-0.4, -0.2) is 37.1 Å². The van der Waals surface area contributed by atoms with Crippen molar-refractivity contribution in [2.24, 2.45) is 5.92 Å². The molecule has 0 saturated heterocycles. The van der Waals surface area contributed by atoms with Crippen LogP contribution in [0, 0.1) is 12.8 Å². The Morgan fingerprint density at radius 1 is 1.16 bits per heavy atom. The van der Waals surface area contributed by atoms with Gasteiger partial charge in [-0.2, -0.15) is 0 Å². The van der Waals surface area contributed by atoms with Crippen LogP contribution in [0.25, 0.3) is 22.6 Å². The second-order valence-corrected chi connectivity index (χ2v) is 8.45. The average molecular weight is 414 g/mol. The summed E-state index contributed by atoms with van der Waals surface area (Å²) in [7, 11) is 0. The molecule has 158 valence electrons. The van der Waals surface area contributed by atoms with Gasteiger partial charge < -0.3 is 15.2 Å². The fraction of sp³-hybridized carbons (Fsp3) is 0.333. The van der Waals surface area contributed by atoms with Crippen LogP contribution >= 0.6 is 0 Å². The highest BCUT2D eigenvalue weighted by atomic mass is 15.2. The summed E-state index contributed by atoms with van der Waals surface area (Å²) in [6.45, 7) is 7.07. The molecule has 0 bridgehead atoms. The Kier molecular flexibility index (Phi) is 5.02. The van der Waals surface area contributed by atoms with Gasteiger partial charge in [-0.15, -0.1) is 0 Å². The first-order chi connectivity index (χ1) is 15.1. The lowest BCUT2D eigenvalue weighted by Crippen LogP contribution is -2.25. The van der Waals surface area contributed by atoms with Crippen LogP contribution in [0.2, 0.25) is 0 Å². The fourth-order valence-electron chi connectivity index (χ4n) is 4.21. The number of aryl methyl sites for hydroxylation is 1. The maximum atomic E-state index is 4.84. The molecule has 0 amide bonds. The van der Waals surface area contributed by atoms with E-state index in [1.165, 1.54) is 5.57 Å². The second-order valence-electron chi connectivity index (χ2n) is 8.45. The minimum Gasteiger partial charge on any atom is -0.384 e. The molecule has 2 N–H and O–H groups in total. The van der Waals surface area contributed by atoms with Crippen LogP contribution < -0.4 is 10.6 Å². The summed E-state index contributed by atoms with van der Waals surface area (Å²) < 4.78 is 2.09. The molecule has 3 aromatic rings. The zero-order chi connectivity index (χ0) is 21.4. The molecule has 4 heterocycles. The third-order valence-electron chi connectivity index (χ3n) is 5.84. The molecule has 3 aromatic heterocycles. The molecular formula is C24H27N7. The Morgan fingerprint density at radius 3 is 2.87 bits per heavy atom. The zero-order valence-corrected chi connectivity index (χ0v) is 18.1. The van der Waals surface area contributed by atoms with Crippen molar-refractivity contribution in [3.63, 3.8) is 0 Å². The van der Waals surface area contributed by atoms with Crippen LogP contribution in [0.3, 0.4) is 0 Å². The third kappa shape index (κ3) is 3.71. The Bertz CT molecular complexity index is 1200. The van der Waals surface area contributed by atoms with Crippen molar-refractivity contribution >= 4 is 17.0 Å². The average Bonchev–Trinajstić information content (AvgIpc) is 3.38. The van der Waals surface area contributed by atoms with Gasteiger partial charge in [0.25, 0.3) is 0 Å². The van der Waals surface area contributed by atoms with Gasteiger partial charge in [0.15, 0.2) is 17.3 Å². The molecular weight excluding hydrogens is 386 g/mol. The summed E-state index contributed by atoms with van der Waals surface area (Å²) in [4.78, 5) is 18.6. The van der Waals surface area contributed by atoms with Crippen LogP contribution in [0.5, 0.6) is 0 Å². The van der Waals surface area contributed by atoms with Crippen molar-refractivity contribution in [1.29, 1.82) is 0 Å². The monoisotopic (exact) mass is 413 g/mol. The maximum absolute atomic E-state index is 4.84. The van der Waals surface area contributed by atoms with Crippen molar-refractivity contribution in [2.75, 3.05) is 11.9 Å². The van der Waals surface area contributed by atoms with E-state index in [1.807, 2.05) is 25.6 Å². The Balaban J connectivity index is 1.43. The maximum Gasteiger partial charge on any atom is 0.166 e. The SMILES string of the molecule is Cc1cncc(-c2nc(NCCC3=CNC4C=CC=CC34)c3ncn(C(C)C)c3n2)c1. The molecule has 7 nitrogen and oxygen atoms in total. The van der Waals surface area contributed by atoms with E-state index in [2.05, 4.69) is 75.6 Å². The minimum absolute atomic E-state index is 0.258. The molecule has 2 aliphatic rings. The number of rotatable bonds is 6. The summed E-state index contributed by atoms with van der Waals surface area (Å²) >= 11 is 0. The van der Waals surface area contributed by atoms with Crippen molar-refractivity contribution in [1.82, 2.24) is 29.8 Å². The van der Waals surface area contributed by atoms with Gasteiger partial charge in [-0.05, 0) is 50.6 Å². The Labute approximate surface area is 182 Å². The number of nitrogens with one attached hydrogen (secondary N) is 2.